The topological polar surface area (TPSA) is 71.3 Å². The highest BCUT2D eigenvalue weighted by Gasteiger charge is 2.32. The van der Waals surface area contributed by atoms with E-state index in [0.29, 0.717) is 6.54 Å². The molecular formula is C18H18N4O2. The molecule has 122 valence electrons. The molecule has 0 spiro atoms. The summed E-state index contributed by atoms with van der Waals surface area (Å²) < 4.78 is 5.16. The first-order chi connectivity index (χ1) is 11.7. The molecule has 1 N–H and O–H groups in total. The van der Waals surface area contributed by atoms with Gasteiger partial charge in [-0.05, 0) is 31.9 Å². The number of hydrogen-bond acceptors (Lipinski definition) is 4. The number of hydrogen-bond donors (Lipinski definition) is 1. The van der Waals surface area contributed by atoms with E-state index in [-0.39, 0.29) is 12.1 Å². The second kappa shape index (κ2) is 5.96. The maximum absolute atomic E-state index is 12.8. The van der Waals surface area contributed by atoms with Gasteiger partial charge in [-0.1, -0.05) is 23.4 Å². The van der Waals surface area contributed by atoms with Gasteiger partial charge in [0.2, 0.25) is 0 Å². The summed E-state index contributed by atoms with van der Waals surface area (Å²) in [6, 6.07) is 11.4. The summed E-state index contributed by atoms with van der Waals surface area (Å²) in [5.74, 6) is 0.760. The van der Waals surface area contributed by atoms with Crippen molar-refractivity contribution in [1.29, 1.82) is 0 Å². The molecule has 0 unspecified atom stereocenters. The molecular weight excluding hydrogens is 304 g/mol. The molecule has 2 amide bonds. The summed E-state index contributed by atoms with van der Waals surface area (Å²) >= 11 is 0. The summed E-state index contributed by atoms with van der Waals surface area (Å²) in [5.41, 5.74) is 2.33. The number of carbonyl (C=O) groups is 1. The van der Waals surface area contributed by atoms with E-state index in [1.165, 1.54) is 0 Å². The number of nitrogens with zero attached hydrogens (tertiary/aromatic N) is 3. The highest BCUT2D eigenvalue weighted by atomic mass is 16.5. The van der Waals surface area contributed by atoms with Gasteiger partial charge in [0.25, 0.3) is 0 Å². The molecule has 4 rings (SSSR count). The van der Waals surface area contributed by atoms with Crippen molar-refractivity contribution in [2.45, 2.75) is 25.8 Å². The molecule has 3 aromatic rings. The number of pyridine rings is 1. The number of para-hydroxylation sites is 1. The van der Waals surface area contributed by atoms with Crippen molar-refractivity contribution in [3.63, 3.8) is 0 Å². The molecule has 0 radical (unpaired) electrons. The largest absolute Gasteiger partial charge is 0.361 e. The van der Waals surface area contributed by atoms with E-state index in [4.69, 9.17) is 4.52 Å². The SMILES string of the molecule is Cc1cc([C@H]2CCCN2C(=O)Nc2cccc3cccnc23)no1. The summed E-state index contributed by atoms with van der Waals surface area (Å²) in [6.45, 7) is 2.57. The van der Waals surface area contributed by atoms with Gasteiger partial charge in [0.1, 0.15) is 11.5 Å². The Hall–Kier alpha value is -2.89. The second-order valence-electron chi connectivity index (χ2n) is 6.02. The zero-order valence-corrected chi connectivity index (χ0v) is 13.4. The minimum absolute atomic E-state index is 0.0367. The van der Waals surface area contributed by atoms with Crippen molar-refractivity contribution >= 4 is 22.6 Å². The fraction of sp³-hybridized carbons (Fsp3) is 0.278. The molecule has 1 atom stereocenters. The van der Waals surface area contributed by atoms with Crippen molar-refractivity contribution in [1.82, 2.24) is 15.0 Å². The van der Waals surface area contributed by atoms with Gasteiger partial charge in [0.15, 0.2) is 0 Å². The van der Waals surface area contributed by atoms with Gasteiger partial charge in [0.05, 0.1) is 17.2 Å². The van der Waals surface area contributed by atoms with E-state index in [0.717, 1.165) is 40.9 Å². The standard InChI is InChI=1S/C18H18N4O2/c1-12-11-15(21-24-12)16-8-4-10-22(16)18(23)20-14-7-2-5-13-6-3-9-19-17(13)14/h2-3,5-7,9,11,16H,4,8,10H2,1H3,(H,20,23)/t16-/m1/s1. The highest BCUT2D eigenvalue weighted by molar-refractivity contribution is 5.99. The molecule has 1 aliphatic heterocycles. The van der Waals surface area contributed by atoms with Crippen molar-refractivity contribution < 1.29 is 9.32 Å². The van der Waals surface area contributed by atoms with Crippen molar-refractivity contribution in [2.75, 3.05) is 11.9 Å². The van der Waals surface area contributed by atoms with Crippen molar-refractivity contribution in [3.05, 3.63) is 54.0 Å². The van der Waals surface area contributed by atoms with Crippen LogP contribution in [0.1, 0.15) is 30.3 Å². The van der Waals surface area contributed by atoms with Gasteiger partial charge in [0, 0.05) is 24.2 Å². The molecule has 1 aliphatic rings. The van der Waals surface area contributed by atoms with E-state index in [9.17, 15) is 4.79 Å². The number of carbonyl (C=O) groups excluding carboxylic acids is 1. The molecule has 6 nitrogen and oxygen atoms in total. The normalized spacial score (nSPS) is 17.4. The van der Waals surface area contributed by atoms with Crippen LogP contribution in [0.25, 0.3) is 10.9 Å². The van der Waals surface area contributed by atoms with Crippen molar-refractivity contribution in [2.24, 2.45) is 0 Å². The van der Waals surface area contributed by atoms with Crippen molar-refractivity contribution in [3.8, 4) is 0 Å². The molecule has 0 aliphatic carbocycles. The van der Waals surface area contributed by atoms with Crippen LogP contribution in [0.3, 0.4) is 0 Å². The number of nitrogens with one attached hydrogen (secondary N) is 1. The number of aryl methyl sites for hydroxylation is 1. The average Bonchev–Trinajstić information content (AvgIpc) is 3.24. The highest BCUT2D eigenvalue weighted by Crippen LogP contribution is 2.32. The summed E-state index contributed by atoms with van der Waals surface area (Å²) in [6.07, 6.45) is 3.58. The zero-order chi connectivity index (χ0) is 16.5. The van der Waals surface area contributed by atoms with Crippen LogP contribution >= 0.6 is 0 Å². The first-order valence-electron chi connectivity index (χ1n) is 8.07. The molecule has 6 heteroatoms. The lowest BCUT2D eigenvalue weighted by Crippen LogP contribution is -2.34. The van der Waals surface area contributed by atoms with E-state index in [1.54, 1.807) is 6.20 Å². The molecule has 0 saturated carbocycles. The Balaban J connectivity index is 1.59. The van der Waals surface area contributed by atoms with E-state index in [2.05, 4.69) is 15.5 Å². The van der Waals surface area contributed by atoms with Gasteiger partial charge in [-0.25, -0.2) is 4.79 Å². The Morgan fingerprint density at radius 2 is 2.21 bits per heavy atom. The number of rotatable bonds is 2. The number of amides is 2. The summed E-state index contributed by atoms with van der Waals surface area (Å²) in [7, 11) is 0. The molecule has 2 aromatic heterocycles. The first-order valence-corrected chi connectivity index (χ1v) is 8.07. The quantitative estimate of drug-likeness (QED) is 0.776. The third-order valence-corrected chi connectivity index (χ3v) is 4.38. The molecule has 1 fully saturated rings. The lowest BCUT2D eigenvalue weighted by atomic mass is 10.1. The average molecular weight is 322 g/mol. The number of urea groups is 1. The number of anilines is 1. The van der Waals surface area contributed by atoms with Crippen LogP contribution in [0.4, 0.5) is 10.5 Å². The van der Waals surface area contributed by atoms with Crippen LogP contribution in [0.15, 0.2) is 47.1 Å². The summed E-state index contributed by atoms with van der Waals surface area (Å²) in [4.78, 5) is 19.0. The van der Waals surface area contributed by atoms with Crippen LogP contribution in [0.2, 0.25) is 0 Å². The van der Waals surface area contributed by atoms with E-state index < -0.39 is 0 Å². The van der Waals surface area contributed by atoms with Crippen LogP contribution in [-0.4, -0.2) is 27.6 Å². The van der Waals surface area contributed by atoms with Crippen LogP contribution < -0.4 is 5.32 Å². The Labute approximate surface area is 139 Å². The monoisotopic (exact) mass is 322 g/mol. The van der Waals surface area contributed by atoms with Gasteiger partial charge < -0.3 is 14.7 Å². The Bertz CT molecular complexity index is 884. The Morgan fingerprint density at radius 1 is 1.33 bits per heavy atom. The number of benzene rings is 1. The summed E-state index contributed by atoms with van der Waals surface area (Å²) in [5, 5.41) is 8.08. The Kier molecular flexibility index (Phi) is 3.65. The smallest absolute Gasteiger partial charge is 0.322 e. The molecule has 24 heavy (non-hydrogen) atoms. The molecule has 1 saturated heterocycles. The fourth-order valence-corrected chi connectivity index (χ4v) is 3.25. The number of likely N-dealkylation sites (tertiary alicyclic amines) is 1. The first kappa shape index (κ1) is 14.7. The van der Waals surface area contributed by atoms with Crippen LogP contribution in [0.5, 0.6) is 0 Å². The number of aromatic nitrogens is 2. The third-order valence-electron chi connectivity index (χ3n) is 4.38. The minimum atomic E-state index is -0.128. The van der Waals surface area contributed by atoms with Crippen LogP contribution in [-0.2, 0) is 0 Å². The predicted molar refractivity (Wildman–Crippen MR) is 90.7 cm³/mol. The maximum atomic E-state index is 12.8. The van der Waals surface area contributed by atoms with Crippen LogP contribution in [0, 0.1) is 6.92 Å². The third kappa shape index (κ3) is 2.60. The Morgan fingerprint density at radius 3 is 3.04 bits per heavy atom. The molecule has 0 bridgehead atoms. The van der Waals surface area contributed by atoms with E-state index in [1.807, 2.05) is 48.2 Å². The molecule has 1 aromatic carbocycles. The zero-order valence-electron chi connectivity index (χ0n) is 13.4. The predicted octanol–water partition coefficient (Wildman–Crippen LogP) is 3.90. The lowest BCUT2D eigenvalue weighted by molar-refractivity contribution is 0.204. The second-order valence-corrected chi connectivity index (χ2v) is 6.02. The number of fused-ring (bicyclic) bond motifs is 1. The van der Waals surface area contributed by atoms with E-state index >= 15 is 0 Å². The fourth-order valence-electron chi connectivity index (χ4n) is 3.25. The van der Waals surface area contributed by atoms with Gasteiger partial charge in [-0.3, -0.25) is 4.98 Å². The van der Waals surface area contributed by atoms with Gasteiger partial charge in [-0.15, -0.1) is 0 Å². The van der Waals surface area contributed by atoms with Gasteiger partial charge >= 0.3 is 6.03 Å². The molecule has 3 heterocycles. The lowest BCUT2D eigenvalue weighted by Gasteiger charge is -2.23. The minimum Gasteiger partial charge on any atom is -0.361 e. The maximum Gasteiger partial charge on any atom is 0.322 e. The van der Waals surface area contributed by atoms with Gasteiger partial charge in [-0.2, -0.15) is 0 Å².